The standard InChI is InChI=1S/C20H21FN4OS/c1-13(25-10-6-15(7-11-25)14-4-8-22-9-5-14)19(26)24-20-23-17-3-2-16(21)12-18(17)27-20/h2-5,8-9,12-13,15H,6-7,10-11H2,1H3,(H,23,24,26)/t13-/m0/s1. The molecule has 0 radical (unpaired) electrons. The third kappa shape index (κ3) is 3.99. The summed E-state index contributed by atoms with van der Waals surface area (Å²) in [6, 6.07) is 8.37. The lowest BCUT2D eigenvalue weighted by atomic mass is 9.89. The van der Waals surface area contributed by atoms with E-state index in [1.165, 1.54) is 29.0 Å². The van der Waals surface area contributed by atoms with Crippen molar-refractivity contribution in [1.29, 1.82) is 0 Å². The summed E-state index contributed by atoms with van der Waals surface area (Å²) >= 11 is 1.29. The predicted molar refractivity (Wildman–Crippen MR) is 105 cm³/mol. The number of nitrogens with one attached hydrogen (secondary N) is 1. The number of aromatic nitrogens is 2. The van der Waals surface area contributed by atoms with Gasteiger partial charge in [-0.2, -0.15) is 0 Å². The lowest BCUT2D eigenvalue weighted by Gasteiger charge is -2.35. The Morgan fingerprint density at radius 3 is 2.74 bits per heavy atom. The number of amides is 1. The lowest BCUT2D eigenvalue weighted by molar-refractivity contribution is -0.121. The molecule has 1 aromatic carbocycles. The fraction of sp³-hybridized carbons (Fsp3) is 0.350. The van der Waals surface area contributed by atoms with E-state index in [0.29, 0.717) is 16.6 Å². The Hall–Kier alpha value is -2.38. The molecule has 2 aromatic heterocycles. The first-order valence-electron chi connectivity index (χ1n) is 9.11. The zero-order chi connectivity index (χ0) is 18.8. The van der Waals surface area contributed by atoms with Crippen LogP contribution in [0, 0.1) is 5.82 Å². The van der Waals surface area contributed by atoms with Gasteiger partial charge in [0.15, 0.2) is 5.13 Å². The number of fused-ring (bicyclic) bond motifs is 1. The first-order valence-corrected chi connectivity index (χ1v) is 9.93. The first kappa shape index (κ1) is 18.0. The van der Waals surface area contributed by atoms with E-state index in [1.807, 2.05) is 19.3 Å². The second kappa shape index (κ2) is 7.70. The van der Waals surface area contributed by atoms with E-state index in [0.717, 1.165) is 30.6 Å². The summed E-state index contributed by atoms with van der Waals surface area (Å²) in [6.45, 7) is 3.69. The third-order valence-corrected chi connectivity index (χ3v) is 6.15. The van der Waals surface area contributed by atoms with Crippen molar-refractivity contribution < 1.29 is 9.18 Å². The molecule has 1 amide bonds. The van der Waals surface area contributed by atoms with Crippen LogP contribution in [0.15, 0.2) is 42.7 Å². The number of nitrogens with zero attached hydrogens (tertiary/aromatic N) is 3. The van der Waals surface area contributed by atoms with E-state index in [9.17, 15) is 9.18 Å². The normalized spacial score (nSPS) is 17.1. The van der Waals surface area contributed by atoms with E-state index < -0.39 is 0 Å². The SMILES string of the molecule is C[C@@H](C(=O)Nc1nc2ccc(F)cc2s1)N1CCC(c2ccncc2)CC1. The number of hydrogen-bond donors (Lipinski definition) is 1. The third-order valence-electron chi connectivity index (χ3n) is 5.21. The maximum Gasteiger partial charge on any atom is 0.243 e. The highest BCUT2D eigenvalue weighted by atomic mass is 32.1. The molecule has 0 spiro atoms. The molecule has 7 heteroatoms. The van der Waals surface area contributed by atoms with E-state index in [1.54, 1.807) is 6.07 Å². The van der Waals surface area contributed by atoms with Gasteiger partial charge in [0, 0.05) is 12.4 Å². The van der Waals surface area contributed by atoms with Gasteiger partial charge in [0.1, 0.15) is 5.82 Å². The monoisotopic (exact) mass is 384 g/mol. The fourth-order valence-corrected chi connectivity index (χ4v) is 4.48. The molecule has 1 aliphatic heterocycles. The molecule has 1 aliphatic rings. The van der Waals surface area contributed by atoms with Gasteiger partial charge in [-0.15, -0.1) is 0 Å². The number of anilines is 1. The van der Waals surface area contributed by atoms with Gasteiger partial charge in [-0.3, -0.25) is 14.7 Å². The molecule has 0 saturated carbocycles. The molecule has 27 heavy (non-hydrogen) atoms. The number of piperidine rings is 1. The van der Waals surface area contributed by atoms with Gasteiger partial charge in [0.05, 0.1) is 16.3 Å². The molecular weight excluding hydrogens is 363 g/mol. The number of hydrogen-bond acceptors (Lipinski definition) is 5. The molecule has 1 atom stereocenters. The van der Waals surface area contributed by atoms with E-state index in [2.05, 4.69) is 32.3 Å². The van der Waals surface area contributed by atoms with Crippen LogP contribution in [0.2, 0.25) is 0 Å². The molecule has 5 nitrogen and oxygen atoms in total. The minimum Gasteiger partial charge on any atom is -0.301 e. The van der Waals surface area contributed by atoms with Crippen molar-refractivity contribution in [3.63, 3.8) is 0 Å². The van der Waals surface area contributed by atoms with Crippen LogP contribution in [0.5, 0.6) is 0 Å². The van der Waals surface area contributed by atoms with Crippen LogP contribution in [0.1, 0.15) is 31.2 Å². The summed E-state index contributed by atoms with van der Waals surface area (Å²) in [4.78, 5) is 23.3. The number of carbonyl (C=O) groups is 1. The summed E-state index contributed by atoms with van der Waals surface area (Å²) in [6.07, 6.45) is 5.73. The topological polar surface area (TPSA) is 58.1 Å². The van der Waals surface area contributed by atoms with Crippen molar-refractivity contribution in [3.05, 3.63) is 54.1 Å². The number of halogens is 1. The number of rotatable bonds is 4. The van der Waals surface area contributed by atoms with Gasteiger partial charge >= 0.3 is 0 Å². The van der Waals surface area contributed by atoms with Crippen LogP contribution in [0.4, 0.5) is 9.52 Å². The van der Waals surface area contributed by atoms with Gasteiger partial charge in [-0.05, 0) is 74.7 Å². The Morgan fingerprint density at radius 2 is 2.00 bits per heavy atom. The van der Waals surface area contributed by atoms with Gasteiger partial charge in [-0.25, -0.2) is 9.37 Å². The van der Waals surface area contributed by atoms with Crippen molar-refractivity contribution in [2.24, 2.45) is 0 Å². The van der Waals surface area contributed by atoms with Crippen molar-refractivity contribution >= 4 is 32.6 Å². The molecule has 1 N–H and O–H groups in total. The van der Waals surface area contributed by atoms with E-state index >= 15 is 0 Å². The largest absolute Gasteiger partial charge is 0.301 e. The van der Waals surface area contributed by atoms with Crippen molar-refractivity contribution in [1.82, 2.24) is 14.9 Å². The fourth-order valence-electron chi connectivity index (χ4n) is 3.58. The van der Waals surface area contributed by atoms with Crippen LogP contribution in [0.3, 0.4) is 0 Å². The Labute approximate surface area is 161 Å². The molecule has 1 fully saturated rings. The number of pyridine rings is 1. The second-order valence-corrected chi connectivity index (χ2v) is 7.92. The predicted octanol–water partition coefficient (Wildman–Crippen LogP) is 4.04. The molecule has 3 aromatic rings. The molecular formula is C20H21FN4OS. The summed E-state index contributed by atoms with van der Waals surface area (Å²) < 4.78 is 14.0. The summed E-state index contributed by atoms with van der Waals surface area (Å²) in [5.74, 6) is 0.157. The van der Waals surface area contributed by atoms with E-state index in [4.69, 9.17) is 0 Å². The molecule has 0 bridgehead atoms. The average molecular weight is 384 g/mol. The molecule has 4 rings (SSSR count). The Morgan fingerprint density at radius 1 is 1.26 bits per heavy atom. The highest BCUT2D eigenvalue weighted by molar-refractivity contribution is 7.22. The lowest BCUT2D eigenvalue weighted by Crippen LogP contribution is -2.45. The Balaban J connectivity index is 1.36. The number of likely N-dealkylation sites (tertiary alicyclic amines) is 1. The maximum atomic E-state index is 13.3. The number of benzene rings is 1. The van der Waals surface area contributed by atoms with Crippen LogP contribution in [0.25, 0.3) is 10.2 Å². The number of carbonyl (C=O) groups excluding carboxylic acids is 1. The van der Waals surface area contributed by atoms with Crippen LogP contribution < -0.4 is 5.32 Å². The molecule has 1 saturated heterocycles. The molecule has 0 aliphatic carbocycles. The zero-order valence-corrected chi connectivity index (χ0v) is 15.9. The van der Waals surface area contributed by atoms with E-state index in [-0.39, 0.29) is 17.8 Å². The van der Waals surface area contributed by atoms with Gasteiger partial charge in [0.2, 0.25) is 5.91 Å². The minimum atomic E-state index is -0.297. The zero-order valence-electron chi connectivity index (χ0n) is 15.1. The van der Waals surface area contributed by atoms with Crippen molar-refractivity contribution in [2.75, 3.05) is 18.4 Å². The Bertz CT molecular complexity index is 938. The quantitative estimate of drug-likeness (QED) is 0.738. The highest BCUT2D eigenvalue weighted by Crippen LogP contribution is 2.29. The Kier molecular flexibility index (Phi) is 5.13. The molecule has 140 valence electrons. The highest BCUT2D eigenvalue weighted by Gasteiger charge is 2.27. The van der Waals surface area contributed by atoms with Crippen LogP contribution in [-0.2, 0) is 4.79 Å². The summed E-state index contributed by atoms with van der Waals surface area (Å²) in [5, 5.41) is 3.40. The first-order chi connectivity index (χ1) is 13.1. The van der Waals surface area contributed by atoms with Gasteiger partial charge in [-0.1, -0.05) is 11.3 Å². The van der Waals surface area contributed by atoms with Gasteiger partial charge in [0.25, 0.3) is 0 Å². The second-order valence-electron chi connectivity index (χ2n) is 6.89. The smallest absolute Gasteiger partial charge is 0.243 e. The minimum absolute atomic E-state index is 0.0723. The average Bonchev–Trinajstić information content (AvgIpc) is 3.09. The molecule has 0 unspecified atom stereocenters. The van der Waals surface area contributed by atoms with Crippen molar-refractivity contribution in [2.45, 2.75) is 31.7 Å². The maximum absolute atomic E-state index is 13.3. The molecule has 3 heterocycles. The van der Waals surface area contributed by atoms with Gasteiger partial charge < -0.3 is 5.32 Å². The number of thiazole rings is 1. The van der Waals surface area contributed by atoms with Crippen LogP contribution in [-0.4, -0.2) is 39.9 Å². The summed E-state index contributed by atoms with van der Waals surface area (Å²) in [5.41, 5.74) is 2.02. The van der Waals surface area contributed by atoms with Crippen LogP contribution >= 0.6 is 11.3 Å². The van der Waals surface area contributed by atoms with Crippen molar-refractivity contribution in [3.8, 4) is 0 Å². The summed E-state index contributed by atoms with van der Waals surface area (Å²) in [7, 11) is 0.